The van der Waals surface area contributed by atoms with Crippen LogP contribution in [0.25, 0.3) is 0 Å². The molecule has 0 amide bonds. The van der Waals surface area contributed by atoms with Crippen LogP contribution in [-0.2, 0) is 7.05 Å². The lowest BCUT2D eigenvalue weighted by atomic mass is 10.4. The fourth-order valence-electron chi connectivity index (χ4n) is 0.618. The molecule has 0 unspecified atom stereocenters. The van der Waals surface area contributed by atoms with Crippen molar-refractivity contribution >= 4 is 5.69 Å². The molecule has 0 aromatic carbocycles. The maximum absolute atomic E-state index is 5.46. The average molecular weight is 127 g/mol. The second-order valence-corrected chi connectivity index (χ2v) is 1.84. The van der Waals surface area contributed by atoms with E-state index in [4.69, 9.17) is 5.73 Å². The quantitative estimate of drug-likeness (QED) is 0.563. The van der Waals surface area contributed by atoms with Gasteiger partial charge in [0, 0.05) is 13.2 Å². The van der Waals surface area contributed by atoms with Crippen LogP contribution in [-0.4, -0.2) is 9.78 Å². The average Bonchev–Trinajstić information content (AvgIpc) is 1.85. The Morgan fingerprint density at radius 2 is 2.22 bits per heavy atom. The van der Waals surface area contributed by atoms with Gasteiger partial charge in [0.25, 0.3) is 0 Å². The normalized spacial score (nSPS) is 8.67. The maximum atomic E-state index is 5.46. The van der Waals surface area contributed by atoms with Crippen molar-refractivity contribution < 1.29 is 0 Å². The summed E-state index contributed by atoms with van der Waals surface area (Å²) >= 11 is 0. The van der Waals surface area contributed by atoms with Crippen LogP contribution in [0.1, 0.15) is 13.1 Å². The van der Waals surface area contributed by atoms with E-state index >= 15 is 0 Å². The van der Waals surface area contributed by atoms with Crippen LogP contribution in [0.15, 0.2) is 6.20 Å². The van der Waals surface area contributed by atoms with Gasteiger partial charge >= 0.3 is 0 Å². The minimum Gasteiger partial charge on any atom is -0.396 e. The summed E-state index contributed by atoms with van der Waals surface area (Å²) in [5.74, 6) is 0. The van der Waals surface area contributed by atoms with Crippen molar-refractivity contribution in [1.29, 1.82) is 0 Å². The van der Waals surface area contributed by atoms with Crippen LogP contribution in [0, 0.1) is 6.92 Å². The van der Waals surface area contributed by atoms with Gasteiger partial charge in [0.1, 0.15) is 0 Å². The summed E-state index contributed by atoms with van der Waals surface area (Å²) in [7, 11) is 1.85. The fraction of sp³-hybridized carbons (Fsp3) is 0.500. The predicted molar refractivity (Wildman–Crippen MR) is 39.1 cm³/mol. The maximum Gasteiger partial charge on any atom is 0.0822 e. The summed E-state index contributed by atoms with van der Waals surface area (Å²) in [5.41, 5.74) is 7.11. The van der Waals surface area contributed by atoms with Crippen molar-refractivity contribution in [2.45, 2.75) is 14.4 Å². The summed E-state index contributed by atoms with van der Waals surface area (Å²) in [5, 5.41) is 4.00. The summed E-state index contributed by atoms with van der Waals surface area (Å²) < 4.78 is 1.70. The van der Waals surface area contributed by atoms with Crippen molar-refractivity contribution in [3.63, 3.8) is 0 Å². The molecule has 1 aromatic rings. The number of hydrogen-bond acceptors (Lipinski definition) is 2. The Morgan fingerprint density at radius 3 is 2.33 bits per heavy atom. The molecule has 1 rings (SSSR count). The third-order valence-electron chi connectivity index (χ3n) is 1.05. The zero-order chi connectivity index (χ0) is 6.15. The predicted octanol–water partition coefficient (Wildman–Crippen LogP) is 0.947. The van der Waals surface area contributed by atoms with Crippen LogP contribution >= 0.6 is 0 Å². The van der Waals surface area contributed by atoms with E-state index in [0.717, 1.165) is 11.4 Å². The Bertz CT molecular complexity index is 171. The summed E-state index contributed by atoms with van der Waals surface area (Å²) in [6, 6.07) is 0. The van der Waals surface area contributed by atoms with E-state index < -0.39 is 0 Å². The molecular weight excluding hydrogens is 114 g/mol. The molecule has 0 fully saturated rings. The summed E-state index contributed by atoms with van der Waals surface area (Å²) in [6.07, 6.45) is 1.79. The van der Waals surface area contributed by atoms with Crippen LogP contribution in [0.3, 0.4) is 0 Å². The highest BCUT2D eigenvalue weighted by Crippen LogP contribution is 2.03. The van der Waals surface area contributed by atoms with E-state index in [1.54, 1.807) is 10.9 Å². The van der Waals surface area contributed by atoms with Gasteiger partial charge < -0.3 is 5.73 Å². The highest BCUT2D eigenvalue weighted by Gasteiger charge is 1.93. The number of aryl methyl sites for hydroxylation is 2. The van der Waals surface area contributed by atoms with Crippen LogP contribution in [0.5, 0.6) is 0 Å². The van der Waals surface area contributed by atoms with Gasteiger partial charge in [-0.2, -0.15) is 5.10 Å². The molecule has 9 heavy (non-hydrogen) atoms. The van der Waals surface area contributed by atoms with Gasteiger partial charge in [-0.25, -0.2) is 0 Å². The summed E-state index contributed by atoms with van der Waals surface area (Å²) in [4.78, 5) is 0. The van der Waals surface area contributed by atoms with Crippen molar-refractivity contribution in [2.24, 2.45) is 7.05 Å². The van der Waals surface area contributed by atoms with Crippen LogP contribution in [0.4, 0.5) is 5.69 Å². The highest BCUT2D eigenvalue weighted by atomic mass is 15.3. The summed E-state index contributed by atoms with van der Waals surface area (Å²) in [6.45, 7) is 1.88. The second kappa shape index (κ2) is 2.53. The first-order chi connectivity index (χ1) is 3.70. The Morgan fingerprint density at radius 1 is 1.67 bits per heavy atom. The minimum absolute atomic E-state index is 0. The van der Waals surface area contributed by atoms with Gasteiger partial charge in [0.15, 0.2) is 0 Å². The second-order valence-electron chi connectivity index (χ2n) is 1.84. The number of hydrogen-bond donors (Lipinski definition) is 1. The standard InChI is InChI=1S/C5H9N3.CH4/c1-4-5(6)3-8(2)7-4;/h3H,6H2,1-2H3;1H4. The van der Waals surface area contributed by atoms with Gasteiger partial charge in [-0.05, 0) is 6.92 Å². The number of nitrogen functional groups attached to an aromatic ring is 1. The molecule has 0 radical (unpaired) electrons. The lowest BCUT2D eigenvalue weighted by molar-refractivity contribution is 0.756. The molecule has 0 aliphatic rings. The lowest BCUT2D eigenvalue weighted by Crippen LogP contribution is -1.86. The molecule has 0 spiro atoms. The molecule has 3 nitrogen and oxygen atoms in total. The van der Waals surface area contributed by atoms with Crippen molar-refractivity contribution in [3.05, 3.63) is 11.9 Å². The zero-order valence-corrected chi connectivity index (χ0v) is 5.05. The van der Waals surface area contributed by atoms with E-state index in [0.29, 0.717) is 0 Å². The first-order valence-corrected chi connectivity index (χ1v) is 2.46. The molecule has 3 heteroatoms. The number of aromatic nitrogens is 2. The van der Waals surface area contributed by atoms with Crippen LogP contribution in [0.2, 0.25) is 0 Å². The molecule has 0 bridgehead atoms. The van der Waals surface area contributed by atoms with Crippen molar-refractivity contribution in [2.75, 3.05) is 5.73 Å². The lowest BCUT2D eigenvalue weighted by Gasteiger charge is -1.79. The van der Waals surface area contributed by atoms with Gasteiger partial charge in [-0.3, -0.25) is 4.68 Å². The third kappa shape index (κ3) is 1.45. The van der Waals surface area contributed by atoms with Crippen molar-refractivity contribution in [1.82, 2.24) is 9.78 Å². The topological polar surface area (TPSA) is 43.8 Å². The van der Waals surface area contributed by atoms with Crippen molar-refractivity contribution in [3.8, 4) is 0 Å². The molecule has 1 heterocycles. The Hall–Kier alpha value is -0.990. The number of nitrogens with two attached hydrogens (primary N) is 1. The monoisotopic (exact) mass is 127 g/mol. The molecule has 52 valence electrons. The molecule has 0 aliphatic heterocycles. The van der Waals surface area contributed by atoms with Gasteiger partial charge in [0.05, 0.1) is 11.4 Å². The molecule has 0 atom stereocenters. The Labute approximate surface area is 55.5 Å². The minimum atomic E-state index is 0. The third-order valence-corrected chi connectivity index (χ3v) is 1.05. The van der Waals surface area contributed by atoms with Gasteiger partial charge in [-0.15, -0.1) is 0 Å². The number of anilines is 1. The molecule has 0 aliphatic carbocycles. The first kappa shape index (κ1) is 8.01. The Balaban J connectivity index is 0.000000640. The van der Waals surface area contributed by atoms with E-state index in [1.807, 2.05) is 14.0 Å². The number of rotatable bonds is 0. The molecule has 0 saturated carbocycles. The van der Waals surface area contributed by atoms with Gasteiger partial charge in [-0.1, -0.05) is 7.43 Å². The van der Waals surface area contributed by atoms with E-state index in [-0.39, 0.29) is 7.43 Å². The SMILES string of the molecule is C.Cc1nn(C)cc1N. The molecule has 2 N–H and O–H groups in total. The van der Waals surface area contributed by atoms with Gasteiger partial charge in [0.2, 0.25) is 0 Å². The fourth-order valence-corrected chi connectivity index (χ4v) is 0.618. The van der Waals surface area contributed by atoms with E-state index in [1.165, 1.54) is 0 Å². The zero-order valence-electron chi connectivity index (χ0n) is 5.05. The first-order valence-electron chi connectivity index (χ1n) is 2.46. The smallest absolute Gasteiger partial charge is 0.0822 e. The number of nitrogens with zero attached hydrogens (tertiary/aromatic N) is 2. The van der Waals surface area contributed by atoms with E-state index in [9.17, 15) is 0 Å². The molecule has 0 saturated heterocycles. The molecular formula is C6H13N3. The van der Waals surface area contributed by atoms with E-state index in [2.05, 4.69) is 5.10 Å². The largest absolute Gasteiger partial charge is 0.396 e. The van der Waals surface area contributed by atoms with Crippen LogP contribution < -0.4 is 5.73 Å². The Kier molecular flexibility index (Phi) is 2.25. The highest BCUT2D eigenvalue weighted by molar-refractivity contribution is 5.39. The molecule has 1 aromatic heterocycles.